The molecule has 0 aliphatic carbocycles. The van der Waals surface area contributed by atoms with Crippen LogP contribution in [0.1, 0.15) is 59.2 Å². The highest BCUT2D eigenvalue weighted by molar-refractivity contribution is 5.87. The summed E-state index contributed by atoms with van der Waals surface area (Å²) in [5.74, 6) is 0.231. The Balaban J connectivity index is 1.49. The van der Waals surface area contributed by atoms with Gasteiger partial charge in [0.15, 0.2) is 0 Å². The highest BCUT2D eigenvalue weighted by atomic mass is 16.5. The summed E-state index contributed by atoms with van der Waals surface area (Å²) in [4.78, 5) is 22.0. The second-order valence-corrected chi connectivity index (χ2v) is 9.75. The van der Waals surface area contributed by atoms with Crippen molar-refractivity contribution in [3.63, 3.8) is 0 Å². The lowest BCUT2D eigenvalue weighted by atomic mass is 9.92. The van der Waals surface area contributed by atoms with Gasteiger partial charge in [-0.2, -0.15) is 0 Å². The topological polar surface area (TPSA) is 93.1 Å². The van der Waals surface area contributed by atoms with Gasteiger partial charge in [0.05, 0.1) is 18.8 Å². The maximum Gasteiger partial charge on any atom is 0.335 e. The number of hydrogen-bond acceptors (Lipinski definition) is 4. The molecule has 0 saturated carbocycles. The molecule has 3 rings (SSSR count). The van der Waals surface area contributed by atoms with Crippen LogP contribution in [0, 0.1) is 12.8 Å². The standard InChI is InChI=1S/C33H38O6/c1-25-13-19-30(20-14-25)38-21-6-22-39-31-11-5-10-27(24-31)9-4-8-26(7-2-3-12-32(34)35)23-28-15-17-29(18-16-28)33(36)37/h4-5,8,10-11,13-20,24,26H,2-3,6-7,9,12,21-23H2,1H3,(H,34,35)(H,36,37)/b8-4-. The molecule has 0 aromatic heterocycles. The van der Waals surface area contributed by atoms with Crippen molar-refractivity contribution in [2.24, 2.45) is 5.92 Å². The molecule has 1 atom stereocenters. The van der Waals surface area contributed by atoms with Gasteiger partial charge in [0.2, 0.25) is 0 Å². The summed E-state index contributed by atoms with van der Waals surface area (Å²) in [7, 11) is 0. The summed E-state index contributed by atoms with van der Waals surface area (Å²) >= 11 is 0. The summed E-state index contributed by atoms with van der Waals surface area (Å²) in [6.07, 6.45) is 9.19. The van der Waals surface area contributed by atoms with E-state index in [0.717, 1.165) is 54.7 Å². The molecule has 0 aliphatic heterocycles. The second kappa shape index (κ2) is 16.0. The summed E-state index contributed by atoms with van der Waals surface area (Å²) in [5.41, 5.74) is 3.69. The zero-order valence-corrected chi connectivity index (χ0v) is 22.6. The van der Waals surface area contributed by atoms with E-state index in [1.165, 1.54) is 5.56 Å². The Labute approximate surface area is 230 Å². The molecule has 206 valence electrons. The molecular formula is C33H38O6. The number of carboxylic acid groups (broad SMARTS) is 2. The number of benzene rings is 3. The third-order valence-electron chi connectivity index (χ3n) is 6.42. The quantitative estimate of drug-likeness (QED) is 0.142. The first-order valence-electron chi connectivity index (χ1n) is 13.5. The molecule has 39 heavy (non-hydrogen) atoms. The molecular weight excluding hydrogens is 492 g/mol. The summed E-state index contributed by atoms with van der Waals surface area (Å²) < 4.78 is 11.7. The fourth-order valence-electron chi connectivity index (χ4n) is 4.27. The number of aromatic carboxylic acids is 1. The monoisotopic (exact) mass is 530 g/mol. The second-order valence-electron chi connectivity index (χ2n) is 9.75. The fourth-order valence-corrected chi connectivity index (χ4v) is 4.27. The van der Waals surface area contributed by atoms with Crippen LogP contribution in [0.2, 0.25) is 0 Å². The minimum Gasteiger partial charge on any atom is -0.493 e. The van der Waals surface area contributed by atoms with Crippen molar-refractivity contribution in [2.45, 2.75) is 51.9 Å². The molecule has 1 unspecified atom stereocenters. The average Bonchev–Trinajstić information content (AvgIpc) is 2.92. The van der Waals surface area contributed by atoms with Gasteiger partial charge in [-0.05, 0) is 86.1 Å². The SMILES string of the molecule is Cc1ccc(OCCCOc2cccc(C/C=C\C(CCCCC(=O)O)Cc3ccc(C(=O)O)cc3)c2)cc1. The summed E-state index contributed by atoms with van der Waals surface area (Å²) in [6.45, 7) is 3.22. The Bertz CT molecular complexity index is 1200. The van der Waals surface area contributed by atoms with Crippen molar-refractivity contribution in [1.29, 1.82) is 0 Å². The van der Waals surface area contributed by atoms with E-state index in [2.05, 4.69) is 31.2 Å². The minimum atomic E-state index is -0.937. The molecule has 3 aromatic rings. The summed E-state index contributed by atoms with van der Waals surface area (Å²) in [6, 6.07) is 23.1. The maximum atomic E-state index is 11.1. The van der Waals surface area contributed by atoms with Crippen molar-refractivity contribution in [3.8, 4) is 11.5 Å². The average molecular weight is 531 g/mol. The lowest BCUT2D eigenvalue weighted by Crippen LogP contribution is -2.05. The number of unbranched alkanes of at least 4 members (excludes halogenated alkanes) is 1. The van der Waals surface area contributed by atoms with Crippen LogP contribution < -0.4 is 9.47 Å². The molecule has 6 nitrogen and oxygen atoms in total. The van der Waals surface area contributed by atoms with E-state index < -0.39 is 11.9 Å². The Morgan fingerprint density at radius 3 is 2.23 bits per heavy atom. The first kappa shape index (κ1) is 29.5. The van der Waals surface area contributed by atoms with Crippen LogP contribution in [0.3, 0.4) is 0 Å². The molecule has 6 heteroatoms. The number of rotatable bonds is 17. The molecule has 0 aliphatic rings. The van der Waals surface area contributed by atoms with Gasteiger partial charge in [0.1, 0.15) is 11.5 Å². The molecule has 3 aromatic carbocycles. The maximum absolute atomic E-state index is 11.1. The molecule has 0 fully saturated rings. The normalized spacial score (nSPS) is 11.8. The first-order chi connectivity index (χ1) is 18.9. The van der Waals surface area contributed by atoms with Crippen molar-refractivity contribution in [1.82, 2.24) is 0 Å². The van der Waals surface area contributed by atoms with Gasteiger partial charge in [-0.1, -0.05) is 60.5 Å². The Kier molecular flexibility index (Phi) is 12.1. The number of aryl methyl sites for hydroxylation is 1. The lowest BCUT2D eigenvalue weighted by Gasteiger charge is -2.13. The van der Waals surface area contributed by atoms with Gasteiger partial charge in [-0.3, -0.25) is 4.79 Å². The summed E-state index contributed by atoms with van der Waals surface area (Å²) in [5, 5.41) is 18.1. The van der Waals surface area contributed by atoms with Gasteiger partial charge in [0.25, 0.3) is 0 Å². The van der Waals surface area contributed by atoms with Crippen molar-refractivity contribution >= 4 is 11.9 Å². The molecule has 0 heterocycles. The van der Waals surface area contributed by atoms with E-state index in [1.54, 1.807) is 12.1 Å². The third-order valence-corrected chi connectivity index (χ3v) is 6.42. The zero-order chi connectivity index (χ0) is 27.9. The molecule has 0 saturated heterocycles. The number of carboxylic acids is 2. The van der Waals surface area contributed by atoms with Gasteiger partial charge in [-0.25, -0.2) is 4.79 Å². The van der Waals surface area contributed by atoms with Gasteiger partial charge in [-0.15, -0.1) is 0 Å². The molecule has 2 N–H and O–H groups in total. The molecule has 0 amide bonds. The Morgan fingerprint density at radius 1 is 0.821 bits per heavy atom. The third kappa shape index (κ3) is 11.5. The van der Waals surface area contributed by atoms with Crippen LogP contribution in [0.4, 0.5) is 0 Å². The number of carbonyl (C=O) groups is 2. The van der Waals surface area contributed by atoms with E-state index in [0.29, 0.717) is 19.6 Å². The van der Waals surface area contributed by atoms with Crippen molar-refractivity contribution < 1.29 is 29.3 Å². The lowest BCUT2D eigenvalue weighted by molar-refractivity contribution is -0.137. The van der Waals surface area contributed by atoms with Crippen molar-refractivity contribution in [2.75, 3.05) is 13.2 Å². The molecule has 0 radical (unpaired) electrons. The van der Waals surface area contributed by atoms with Crippen molar-refractivity contribution in [3.05, 3.63) is 107 Å². The first-order valence-corrected chi connectivity index (χ1v) is 13.5. The highest BCUT2D eigenvalue weighted by Gasteiger charge is 2.09. The molecule has 0 bridgehead atoms. The smallest absolute Gasteiger partial charge is 0.335 e. The van der Waals surface area contributed by atoms with Gasteiger partial charge in [0, 0.05) is 12.8 Å². The van der Waals surface area contributed by atoms with Crippen LogP contribution in [0.15, 0.2) is 84.9 Å². The highest BCUT2D eigenvalue weighted by Crippen LogP contribution is 2.20. The zero-order valence-electron chi connectivity index (χ0n) is 22.6. The fraction of sp³-hybridized carbons (Fsp3) is 0.333. The predicted octanol–water partition coefficient (Wildman–Crippen LogP) is 7.14. The van der Waals surface area contributed by atoms with Crippen LogP contribution in [-0.2, 0) is 17.6 Å². The Hall–Kier alpha value is -4.06. The number of allylic oxidation sites excluding steroid dienone is 2. The predicted molar refractivity (Wildman–Crippen MR) is 153 cm³/mol. The Morgan fingerprint density at radius 2 is 1.54 bits per heavy atom. The minimum absolute atomic E-state index is 0.175. The molecule has 0 spiro atoms. The van der Waals surface area contributed by atoms with E-state index in [9.17, 15) is 9.59 Å². The van der Waals surface area contributed by atoms with E-state index in [-0.39, 0.29) is 17.9 Å². The van der Waals surface area contributed by atoms with Gasteiger partial charge >= 0.3 is 11.9 Å². The number of aliphatic carboxylic acids is 1. The van der Waals surface area contributed by atoms with Crippen LogP contribution in [0.5, 0.6) is 11.5 Å². The largest absolute Gasteiger partial charge is 0.493 e. The van der Waals surface area contributed by atoms with Gasteiger partial charge < -0.3 is 19.7 Å². The van der Waals surface area contributed by atoms with E-state index in [1.807, 2.05) is 48.5 Å². The van der Waals surface area contributed by atoms with E-state index in [4.69, 9.17) is 19.7 Å². The van der Waals surface area contributed by atoms with Crippen LogP contribution in [0.25, 0.3) is 0 Å². The number of hydrogen-bond donors (Lipinski definition) is 2. The number of ether oxygens (including phenoxy) is 2. The van der Waals surface area contributed by atoms with Crippen LogP contribution in [-0.4, -0.2) is 35.4 Å². The van der Waals surface area contributed by atoms with E-state index >= 15 is 0 Å². The van der Waals surface area contributed by atoms with Crippen LogP contribution >= 0.6 is 0 Å².